The Morgan fingerprint density at radius 1 is 0.475 bits per heavy atom. The molecule has 2 aliphatic heterocycles. The van der Waals surface area contributed by atoms with Gasteiger partial charge < -0.3 is 9.80 Å². The molecule has 3 heteroatoms. The molecule has 59 heavy (non-hydrogen) atoms. The predicted molar refractivity (Wildman–Crippen MR) is 251 cm³/mol. The van der Waals surface area contributed by atoms with Crippen molar-refractivity contribution in [3.05, 3.63) is 124 Å². The molecule has 0 saturated heterocycles. The molecule has 300 valence electrons. The molecule has 0 spiro atoms. The van der Waals surface area contributed by atoms with Crippen molar-refractivity contribution in [2.75, 3.05) is 9.80 Å². The van der Waals surface area contributed by atoms with Gasteiger partial charge in [0.15, 0.2) is 0 Å². The van der Waals surface area contributed by atoms with Crippen molar-refractivity contribution in [1.29, 1.82) is 0 Å². The van der Waals surface area contributed by atoms with Crippen molar-refractivity contribution < 1.29 is 0 Å². The number of hydrogen-bond acceptors (Lipinski definition) is 2. The Balaban J connectivity index is 1.14. The van der Waals surface area contributed by atoms with Gasteiger partial charge in [-0.05, 0) is 225 Å². The Labute approximate surface area is 354 Å². The topological polar surface area (TPSA) is 6.48 Å². The van der Waals surface area contributed by atoms with Crippen LogP contribution in [0, 0.1) is 45.4 Å². The first-order valence-corrected chi connectivity index (χ1v) is 24.0. The highest BCUT2D eigenvalue weighted by Gasteiger charge is 2.53. The summed E-state index contributed by atoms with van der Waals surface area (Å²) in [5, 5.41) is 0. The van der Waals surface area contributed by atoms with Gasteiger partial charge in [-0.3, -0.25) is 0 Å². The second-order valence-corrected chi connectivity index (χ2v) is 21.2. The molecule has 0 N–H and O–H groups in total. The van der Waals surface area contributed by atoms with Crippen molar-refractivity contribution >= 4 is 57.2 Å². The summed E-state index contributed by atoms with van der Waals surface area (Å²) in [4.78, 5) is 5.48. The lowest BCUT2D eigenvalue weighted by atomic mass is 9.32. The summed E-state index contributed by atoms with van der Waals surface area (Å²) in [5.74, 6) is 4.04. The van der Waals surface area contributed by atoms with Gasteiger partial charge in [-0.25, -0.2) is 0 Å². The molecule has 0 unspecified atom stereocenters. The molecular weight excluding hydrogens is 711 g/mol. The maximum atomic E-state index is 2.77. The molecule has 6 saturated carbocycles. The van der Waals surface area contributed by atoms with Crippen LogP contribution >= 0.6 is 0 Å². The van der Waals surface area contributed by atoms with Gasteiger partial charge in [0, 0.05) is 34.1 Å². The lowest BCUT2D eigenvalue weighted by molar-refractivity contribution is -0.00514. The van der Waals surface area contributed by atoms with Gasteiger partial charge in [0.1, 0.15) is 0 Å². The summed E-state index contributed by atoms with van der Waals surface area (Å²) in [5.41, 5.74) is 23.2. The van der Waals surface area contributed by atoms with E-state index in [1.165, 1.54) is 175 Å². The van der Waals surface area contributed by atoms with Crippen LogP contribution in [0.25, 0.3) is 0 Å². The lowest BCUT2D eigenvalue weighted by Crippen LogP contribution is -2.62. The smallest absolute Gasteiger partial charge is 0.252 e. The summed E-state index contributed by atoms with van der Waals surface area (Å²) >= 11 is 0. The Bertz CT molecular complexity index is 2410. The molecule has 0 atom stereocenters. The fourth-order valence-corrected chi connectivity index (χ4v) is 15.0. The molecular formula is C56H63BN2. The second-order valence-electron chi connectivity index (χ2n) is 21.2. The molecule has 8 aliphatic rings. The van der Waals surface area contributed by atoms with Crippen molar-refractivity contribution in [1.82, 2.24) is 0 Å². The van der Waals surface area contributed by atoms with Crippen molar-refractivity contribution in [3.63, 3.8) is 0 Å². The van der Waals surface area contributed by atoms with Crippen LogP contribution < -0.4 is 26.2 Å². The summed E-state index contributed by atoms with van der Waals surface area (Å²) < 4.78 is 0. The third kappa shape index (κ3) is 5.94. The van der Waals surface area contributed by atoms with Gasteiger partial charge in [-0.15, -0.1) is 0 Å². The number of anilines is 6. The average molecular weight is 775 g/mol. The number of aryl methyl sites for hydroxylation is 4. The number of nitrogens with zero attached hydrogens (tertiary/aromatic N) is 2. The highest BCUT2D eigenvalue weighted by atomic mass is 15.2. The minimum absolute atomic E-state index is 0.180. The SMILES string of the molecule is Cc1cc(C)cc(N2c3ccc(C4CCCCC4)cc3B3c4c(C)cc(C)cc4N(c4ccc(C5CCCCC5)cc4)c4cc(C56CC7CC(CC(C7)C5)C6)cc2c43)c1. The zero-order valence-electron chi connectivity index (χ0n) is 36.3. The first-order valence-electron chi connectivity index (χ1n) is 24.0. The maximum Gasteiger partial charge on any atom is 0.252 e. The molecule has 0 amide bonds. The van der Waals surface area contributed by atoms with E-state index < -0.39 is 0 Å². The first-order chi connectivity index (χ1) is 28.8. The summed E-state index contributed by atoms with van der Waals surface area (Å²) in [6.45, 7) is 9.49. The van der Waals surface area contributed by atoms with E-state index in [0.29, 0.717) is 11.8 Å². The number of rotatable bonds is 5. The quantitative estimate of drug-likeness (QED) is 0.161. The minimum Gasteiger partial charge on any atom is -0.311 e. The standard InChI is InChI=1S/C56H63BN2/c1-35-21-36(2)24-48(23-35)59-50-20-17-45(43-13-9-6-10-14-43)29-49(50)57-54-38(4)22-37(3)25-51(54)58(47-18-15-44(16-19-47)42-11-7-5-8-12-42)52-30-46(31-53(59)55(52)57)56-32-39-26-40(33-56)28-41(27-39)34-56/h15-25,29-31,39-43H,5-14,26-28,32-34H2,1-4H3. The monoisotopic (exact) mass is 775 g/mol. The summed E-state index contributed by atoms with van der Waals surface area (Å²) in [6.07, 6.45) is 22.1. The Morgan fingerprint density at radius 3 is 1.61 bits per heavy atom. The van der Waals surface area contributed by atoms with E-state index in [-0.39, 0.29) is 12.1 Å². The zero-order valence-corrected chi connectivity index (χ0v) is 36.3. The molecule has 5 aromatic carbocycles. The van der Waals surface area contributed by atoms with Gasteiger partial charge >= 0.3 is 0 Å². The fourth-order valence-electron chi connectivity index (χ4n) is 15.0. The second kappa shape index (κ2) is 13.9. The van der Waals surface area contributed by atoms with Crippen LogP contribution in [0.4, 0.5) is 34.1 Å². The minimum atomic E-state index is 0.180. The molecule has 0 aromatic heterocycles. The van der Waals surface area contributed by atoms with E-state index in [1.807, 2.05) is 0 Å². The van der Waals surface area contributed by atoms with Gasteiger partial charge in [-0.1, -0.05) is 80.5 Å². The fraction of sp³-hybridized carbons (Fsp3) is 0.464. The Hall–Kier alpha value is -4.24. The average Bonchev–Trinajstić information content (AvgIpc) is 3.23. The normalized spacial score (nSPS) is 25.9. The maximum absolute atomic E-state index is 2.77. The lowest BCUT2D eigenvalue weighted by Gasteiger charge is -2.57. The number of fused-ring (bicyclic) bond motifs is 4. The van der Waals surface area contributed by atoms with Crippen molar-refractivity contribution in [2.24, 2.45) is 17.8 Å². The molecule has 5 aromatic rings. The van der Waals surface area contributed by atoms with Crippen LogP contribution in [0.15, 0.2) is 84.9 Å². The highest BCUT2D eigenvalue weighted by molar-refractivity contribution is 7.00. The van der Waals surface area contributed by atoms with Crippen LogP contribution in [0.5, 0.6) is 0 Å². The Morgan fingerprint density at radius 2 is 1.00 bits per heavy atom. The first kappa shape index (κ1) is 36.6. The molecule has 2 nitrogen and oxygen atoms in total. The molecule has 0 radical (unpaired) electrons. The van der Waals surface area contributed by atoms with Gasteiger partial charge in [0.2, 0.25) is 0 Å². The van der Waals surface area contributed by atoms with Crippen LogP contribution in [-0.4, -0.2) is 6.71 Å². The van der Waals surface area contributed by atoms with E-state index in [2.05, 4.69) is 122 Å². The van der Waals surface area contributed by atoms with Crippen LogP contribution in [0.3, 0.4) is 0 Å². The molecule has 6 fully saturated rings. The number of benzene rings is 5. The molecule has 4 bridgehead atoms. The Kier molecular flexibility index (Phi) is 8.62. The molecule has 13 rings (SSSR count). The largest absolute Gasteiger partial charge is 0.311 e. The molecule has 2 heterocycles. The van der Waals surface area contributed by atoms with E-state index in [0.717, 1.165) is 17.8 Å². The predicted octanol–water partition coefficient (Wildman–Crippen LogP) is 13.6. The molecule has 6 aliphatic carbocycles. The van der Waals surface area contributed by atoms with Crippen molar-refractivity contribution in [3.8, 4) is 0 Å². The van der Waals surface area contributed by atoms with Crippen LogP contribution in [0.2, 0.25) is 0 Å². The summed E-state index contributed by atoms with van der Waals surface area (Å²) in [6, 6.07) is 35.6. The van der Waals surface area contributed by atoms with Gasteiger partial charge in [0.05, 0.1) is 0 Å². The van der Waals surface area contributed by atoms with Gasteiger partial charge in [-0.2, -0.15) is 0 Å². The van der Waals surface area contributed by atoms with E-state index in [4.69, 9.17) is 0 Å². The summed E-state index contributed by atoms with van der Waals surface area (Å²) in [7, 11) is 0. The van der Waals surface area contributed by atoms with E-state index >= 15 is 0 Å². The van der Waals surface area contributed by atoms with Crippen LogP contribution in [-0.2, 0) is 5.41 Å². The zero-order chi connectivity index (χ0) is 39.6. The van der Waals surface area contributed by atoms with Gasteiger partial charge in [0.25, 0.3) is 6.71 Å². The third-order valence-corrected chi connectivity index (χ3v) is 17.0. The van der Waals surface area contributed by atoms with Crippen LogP contribution in [0.1, 0.15) is 154 Å². The highest BCUT2D eigenvalue weighted by Crippen LogP contribution is 2.62. The van der Waals surface area contributed by atoms with Crippen molar-refractivity contribution in [2.45, 2.75) is 148 Å². The van der Waals surface area contributed by atoms with E-state index in [1.54, 1.807) is 16.7 Å². The third-order valence-electron chi connectivity index (χ3n) is 17.0. The number of hydrogen-bond donors (Lipinski definition) is 0. The van der Waals surface area contributed by atoms with E-state index in [9.17, 15) is 0 Å².